The Morgan fingerprint density at radius 1 is 1.24 bits per heavy atom. The third kappa shape index (κ3) is 5.84. The van der Waals surface area contributed by atoms with Gasteiger partial charge in [0, 0.05) is 43.4 Å². The Bertz CT molecular complexity index is 1010. The molecule has 0 radical (unpaired) electrons. The molecule has 2 aliphatic rings. The number of hydrogen-bond donors (Lipinski definition) is 0. The van der Waals surface area contributed by atoms with Crippen LogP contribution in [0.3, 0.4) is 0 Å². The van der Waals surface area contributed by atoms with Gasteiger partial charge in [-0.25, -0.2) is 17.9 Å². The molecule has 0 unspecified atom stereocenters. The van der Waals surface area contributed by atoms with E-state index >= 15 is 0 Å². The van der Waals surface area contributed by atoms with Crippen molar-refractivity contribution < 1.29 is 22.7 Å². The first-order valence-electron chi connectivity index (χ1n) is 11.8. The van der Waals surface area contributed by atoms with E-state index in [1.54, 1.807) is 28.8 Å². The minimum Gasteiger partial charge on any atom is -0.462 e. The van der Waals surface area contributed by atoms with Gasteiger partial charge in [0.25, 0.3) is 0 Å². The average molecular weight is 481 g/mol. The highest BCUT2D eigenvalue weighted by Crippen LogP contribution is 2.33. The number of ether oxygens (including phenoxy) is 1. The number of hydrogen-bond acceptors (Lipinski definition) is 6. The standard InChI is InChI=1S/C23H36N4O5S/c1-6-32-23(29)20-15-26(19-11-13-25(14-12-19)33(5,30)31)24-21(20)27(16(2)3)22(28)18-9-7-17(4)8-10-18/h11,15-18H,6-10,12-14H2,1-5H3/t17-,18-. The van der Waals surface area contributed by atoms with Crippen molar-refractivity contribution in [1.82, 2.24) is 14.1 Å². The molecule has 1 aliphatic carbocycles. The molecule has 1 fully saturated rings. The van der Waals surface area contributed by atoms with Gasteiger partial charge < -0.3 is 4.74 Å². The lowest BCUT2D eigenvalue weighted by Gasteiger charge is -2.32. The molecule has 1 saturated carbocycles. The van der Waals surface area contributed by atoms with Crippen LogP contribution in [-0.4, -0.2) is 66.4 Å². The Labute approximate surface area is 196 Å². The summed E-state index contributed by atoms with van der Waals surface area (Å²) in [5.41, 5.74) is 1.03. The lowest BCUT2D eigenvalue weighted by molar-refractivity contribution is -0.124. The van der Waals surface area contributed by atoms with Gasteiger partial charge in [-0.2, -0.15) is 4.31 Å². The van der Waals surface area contributed by atoms with E-state index in [1.165, 1.54) is 10.6 Å². The number of nitrogens with zero attached hydrogens (tertiary/aromatic N) is 4. The summed E-state index contributed by atoms with van der Waals surface area (Å²) in [6.45, 7) is 8.57. The van der Waals surface area contributed by atoms with Crippen molar-refractivity contribution in [2.75, 3.05) is 30.9 Å². The van der Waals surface area contributed by atoms with Crippen molar-refractivity contribution >= 4 is 33.4 Å². The Balaban J connectivity index is 1.96. The fourth-order valence-electron chi connectivity index (χ4n) is 4.50. The van der Waals surface area contributed by atoms with Crippen molar-refractivity contribution in [2.24, 2.45) is 11.8 Å². The smallest absolute Gasteiger partial charge is 0.343 e. The molecule has 0 atom stereocenters. The predicted molar refractivity (Wildman–Crippen MR) is 127 cm³/mol. The number of anilines is 1. The maximum atomic E-state index is 13.6. The van der Waals surface area contributed by atoms with Gasteiger partial charge >= 0.3 is 5.97 Å². The summed E-state index contributed by atoms with van der Waals surface area (Å²) < 4.78 is 31.9. The highest BCUT2D eigenvalue weighted by molar-refractivity contribution is 7.88. The lowest BCUT2D eigenvalue weighted by Crippen LogP contribution is -2.43. The van der Waals surface area contributed by atoms with Crippen LogP contribution in [0.25, 0.3) is 5.70 Å². The fraction of sp³-hybridized carbons (Fsp3) is 0.696. The number of sulfonamides is 1. The van der Waals surface area contributed by atoms with E-state index < -0.39 is 16.0 Å². The van der Waals surface area contributed by atoms with E-state index in [4.69, 9.17) is 4.74 Å². The first-order chi connectivity index (χ1) is 15.5. The van der Waals surface area contributed by atoms with Gasteiger partial charge in [-0.15, -0.1) is 5.10 Å². The molecular weight excluding hydrogens is 444 g/mol. The maximum absolute atomic E-state index is 13.6. The highest BCUT2D eigenvalue weighted by atomic mass is 32.2. The van der Waals surface area contributed by atoms with E-state index in [9.17, 15) is 18.0 Å². The Morgan fingerprint density at radius 3 is 2.42 bits per heavy atom. The van der Waals surface area contributed by atoms with Crippen LogP contribution in [0.2, 0.25) is 0 Å². The fourth-order valence-corrected chi connectivity index (χ4v) is 5.27. The highest BCUT2D eigenvalue weighted by Gasteiger charge is 2.35. The Kier molecular flexibility index (Phi) is 8.00. The van der Waals surface area contributed by atoms with Gasteiger partial charge in [-0.05, 0) is 58.4 Å². The van der Waals surface area contributed by atoms with Gasteiger partial charge in [0.05, 0.1) is 12.9 Å². The van der Waals surface area contributed by atoms with Crippen molar-refractivity contribution in [1.29, 1.82) is 0 Å². The van der Waals surface area contributed by atoms with Crippen LogP contribution < -0.4 is 4.90 Å². The van der Waals surface area contributed by atoms with Gasteiger partial charge in [-0.1, -0.05) is 6.92 Å². The van der Waals surface area contributed by atoms with Gasteiger partial charge in [-0.3, -0.25) is 9.69 Å². The van der Waals surface area contributed by atoms with Gasteiger partial charge in [0.2, 0.25) is 15.9 Å². The third-order valence-electron chi connectivity index (χ3n) is 6.45. The number of carbonyl (C=O) groups excluding carboxylic acids is 2. The first kappa shape index (κ1) is 25.4. The summed E-state index contributed by atoms with van der Waals surface area (Å²) in [6.07, 6.45) is 8.75. The van der Waals surface area contributed by atoms with Crippen LogP contribution in [0, 0.1) is 11.8 Å². The molecule has 3 rings (SSSR count). The number of aromatic nitrogens is 2. The lowest BCUT2D eigenvalue weighted by atomic mass is 9.82. The number of amides is 1. The van der Waals surface area contributed by atoms with Crippen molar-refractivity contribution in [2.45, 2.75) is 65.8 Å². The average Bonchev–Trinajstić information content (AvgIpc) is 3.18. The van der Waals surface area contributed by atoms with Crippen LogP contribution >= 0.6 is 0 Å². The monoisotopic (exact) mass is 480 g/mol. The number of rotatable bonds is 7. The van der Waals surface area contributed by atoms with Crippen molar-refractivity contribution in [3.63, 3.8) is 0 Å². The van der Waals surface area contributed by atoms with E-state index in [1.807, 2.05) is 13.8 Å². The summed E-state index contributed by atoms with van der Waals surface area (Å²) in [6, 6.07) is -0.186. The SMILES string of the molecule is CCOC(=O)c1cn(C2=CCN(S(C)(=O)=O)CC2)nc1N(C(=O)[C@H]1CC[C@H](C)CC1)C(C)C. The van der Waals surface area contributed by atoms with Crippen LogP contribution in [0.15, 0.2) is 12.3 Å². The maximum Gasteiger partial charge on any atom is 0.343 e. The van der Waals surface area contributed by atoms with Crippen LogP contribution in [-0.2, 0) is 19.6 Å². The predicted octanol–water partition coefficient (Wildman–Crippen LogP) is 3.13. The zero-order chi connectivity index (χ0) is 24.3. The molecule has 1 aromatic rings. The normalized spacial score (nSPS) is 22.2. The summed E-state index contributed by atoms with van der Waals surface area (Å²) >= 11 is 0. The molecule has 2 heterocycles. The van der Waals surface area contributed by atoms with E-state index in [0.29, 0.717) is 24.7 Å². The molecule has 10 heteroatoms. The first-order valence-corrected chi connectivity index (χ1v) is 13.6. The molecule has 0 spiro atoms. The zero-order valence-corrected chi connectivity index (χ0v) is 21.1. The van der Waals surface area contributed by atoms with Gasteiger partial charge in [0.1, 0.15) is 5.56 Å². The number of carbonyl (C=O) groups is 2. The molecule has 0 bridgehead atoms. The molecule has 1 amide bonds. The molecule has 0 N–H and O–H groups in total. The molecule has 1 aromatic heterocycles. The van der Waals surface area contributed by atoms with Crippen molar-refractivity contribution in [3.05, 3.63) is 17.8 Å². The van der Waals surface area contributed by atoms with E-state index in [0.717, 1.165) is 31.4 Å². The minimum absolute atomic E-state index is 0.00595. The summed E-state index contributed by atoms with van der Waals surface area (Å²) in [4.78, 5) is 28.0. The second-order valence-electron chi connectivity index (χ2n) is 9.36. The molecule has 0 saturated heterocycles. The quantitative estimate of drug-likeness (QED) is 0.556. The molecule has 0 aromatic carbocycles. The minimum atomic E-state index is -3.28. The van der Waals surface area contributed by atoms with Crippen LogP contribution in [0.4, 0.5) is 5.82 Å². The molecule has 9 nitrogen and oxygen atoms in total. The summed E-state index contributed by atoms with van der Waals surface area (Å²) in [7, 11) is -3.28. The second-order valence-corrected chi connectivity index (χ2v) is 11.3. The largest absolute Gasteiger partial charge is 0.462 e. The summed E-state index contributed by atoms with van der Waals surface area (Å²) in [5.74, 6) is 0.317. The molecule has 184 valence electrons. The topological polar surface area (TPSA) is 102 Å². The molecule has 33 heavy (non-hydrogen) atoms. The van der Waals surface area contributed by atoms with Crippen LogP contribution in [0.1, 0.15) is 70.2 Å². The summed E-state index contributed by atoms with van der Waals surface area (Å²) in [5, 5.41) is 4.66. The Hall–Kier alpha value is -2.20. The van der Waals surface area contributed by atoms with Crippen molar-refractivity contribution in [3.8, 4) is 0 Å². The second kappa shape index (κ2) is 10.4. The number of esters is 1. The molecule has 1 aliphatic heterocycles. The van der Waals surface area contributed by atoms with Crippen LogP contribution in [0.5, 0.6) is 0 Å². The van der Waals surface area contributed by atoms with E-state index in [2.05, 4.69) is 12.0 Å². The van der Waals surface area contributed by atoms with E-state index in [-0.39, 0.29) is 36.6 Å². The van der Waals surface area contributed by atoms with Gasteiger partial charge in [0.15, 0.2) is 5.82 Å². The third-order valence-corrected chi connectivity index (χ3v) is 7.72. The zero-order valence-electron chi connectivity index (χ0n) is 20.3. The molecular formula is C23H36N4O5S. The Morgan fingerprint density at radius 2 is 1.91 bits per heavy atom.